The minimum atomic E-state index is -4.63. The molecule has 1 unspecified atom stereocenters. The second-order valence-corrected chi connectivity index (χ2v) is 9.91. The molecule has 17 heteroatoms. The number of benzene rings is 1. The quantitative estimate of drug-likeness (QED) is 0.239. The predicted molar refractivity (Wildman–Crippen MR) is 147 cm³/mol. The van der Waals surface area contributed by atoms with Gasteiger partial charge in [0.05, 0.1) is 34.2 Å². The number of carbonyl (C=O) groups is 3. The molecular formula is C26H25ClF3N9O4. The summed E-state index contributed by atoms with van der Waals surface area (Å²) >= 11 is 6.48. The summed E-state index contributed by atoms with van der Waals surface area (Å²) < 4.78 is 46.6. The van der Waals surface area contributed by atoms with E-state index in [-0.39, 0.29) is 90.7 Å². The number of rotatable bonds is 9. The van der Waals surface area contributed by atoms with Crippen molar-refractivity contribution in [1.82, 2.24) is 34.4 Å². The molecule has 1 aliphatic heterocycles. The zero-order valence-corrected chi connectivity index (χ0v) is 23.1. The van der Waals surface area contributed by atoms with E-state index in [0.29, 0.717) is 5.69 Å². The van der Waals surface area contributed by atoms with E-state index in [1.807, 2.05) is 5.10 Å². The molecule has 1 saturated heterocycles. The molecule has 0 spiro atoms. The molecule has 5 rings (SSSR count). The summed E-state index contributed by atoms with van der Waals surface area (Å²) in [5.74, 6) is -0.449. The van der Waals surface area contributed by atoms with E-state index in [9.17, 15) is 27.6 Å². The lowest BCUT2D eigenvalue weighted by Gasteiger charge is -2.36. The highest BCUT2D eigenvalue weighted by Gasteiger charge is 2.37. The van der Waals surface area contributed by atoms with Crippen molar-refractivity contribution in [2.24, 2.45) is 5.73 Å². The Bertz CT molecular complexity index is 1650. The number of nitrogens with two attached hydrogens (primary N) is 1. The predicted octanol–water partition coefficient (Wildman–Crippen LogP) is 2.71. The number of aromatic nitrogens is 5. The number of halogens is 4. The summed E-state index contributed by atoms with van der Waals surface area (Å²) in [7, 11) is 0. The van der Waals surface area contributed by atoms with Crippen LogP contribution in [0.25, 0.3) is 16.9 Å². The fraction of sp³-hybridized carbons (Fsp3) is 0.308. The SMILES string of the molecule is NCCC(OC=O)C(=O)N1CCN(C(=O)c2ccc(Nc3nccn4c(-c5cn[nH]c5C(F)(F)F)cnc34)cc2Cl)CC1. The topological polar surface area (TPSA) is 164 Å². The lowest BCUT2D eigenvalue weighted by atomic mass is 10.1. The number of imidazole rings is 1. The second kappa shape index (κ2) is 12.3. The minimum absolute atomic E-state index is 0.153. The normalized spacial score (nSPS) is 14.5. The molecule has 1 aromatic carbocycles. The third-order valence-corrected chi connectivity index (χ3v) is 7.20. The van der Waals surface area contributed by atoms with Crippen LogP contribution in [0.1, 0.15) is 22.5 Å². The maximum Gasteiger partial charge on any atom is 0.433 e. The molecule has 1 atom stereocenters. The molecule has 13 nitrogen and oxygen atoms in total. The van der Waals surface area contributed by atoms with Gasteiger partial charge in [-0.05, 0) is 24.7 Å². The number of nitrogens with one attached hydrogen (secondary N) is 2. The Morgan fingerprint density at radius 2 is 1.91 bits per heavy atom. The van der Waals surface area contributed by atoms with Gasteiger partial charge in [-0.2, -0.15) is 18.3 Å². The van der Waals surface area contributed by atoms with E-state index in [2.05, 4.69) is 20.4 Å². The lowest BCUT2D eigenvalue weighted by molar-refractivity contribution is -0.152. The number of ether oxygens (including phenoxy) is 1. The number of hydrogen-bond donors (Lipinski definition) is 3. The Morgan fingerprint density at radius 1 is 1.16 bits per heavy atom. The summed E-state index contributed by atoms with van der Waals surface area (Å²) in [6.45, 7) is 1.38. The van der Waals surface area contributed by atoms with Gasteiger partial charge < -0.3 is 25.6 Å². The number of H-pyrrole nitrogens is 1. The average Bonchev–Trinajstić information content (AvgIpc) is 3.65. The van der Waals surface area contributed by atoms with E-state index < -0.39 is 18.0 Å². The third kappa shape index (κ3) is 6.10. The maximum absolute atomic E-state index is 13.4. The highest BCUT2D eigenvalue weighted by atomic mass is 35.5. The Balaban J connectivity index is 1.28. The molecule has 1 fully saturated rings. The number of piperazine rings is 1. The van der Waals surface area contributed by atoms with Crippen LogP contribution in [0.5, 0.6) is 0 Å². The first kappa shape index (κ1) is 29.8. The Labute approximate surface area is 246 Å². The van der Waals surface area contributed by atoms with E-state index in [1.54, 1.807) is 11.0 Å². The Hall–Kier alpha value is -4.70. The maximum atomic E-state index is 13.4. The van der Waals surface area contributed by atoms with Gasteiger partial charge in [-0.3, -0.25) is 23.9 Å². The van der Waals surface area contributed by atoms with Crippen LogP contribution in [0, 0.1) is 0 Å². The van der Waals surface area contributed by atoms with Crippen LogP contribution in [-0.2, 0) is 20.5 Å². The van der Waals surface area contributed by atoms with Gasteiger partial charge >= 0.3 is 6.18 Å². The number of anilines is 2. The molecule has 226 valence electrons. The van der Waals surface area contributed by atoms with Gasteiger partial charge in [0.15, 0.2) is 17.6 Å². The molecule has 0 radical (unpaired) electrons. The van der Waals surface area contributed by atoms with E-state index in [0.717, 1.165) is 6.20 Å². The minimum Gasteiger partial charge on any atom is -0.454 e. The molecule has 0 bridgehead atoms. The molecule has 3 aromatic heterocycles. The second-order valence-electron chi connectivity index (χ2n) is 9.50. The highest BCUT2D eigenvalue weighted by Crippen LogP contribution is 2.36. The first-order chi connectivity index (χ1) is 20.6. The van der Waals surface area contributed by atoms with Gasteiger partial charge in [-0.1, -0.05) is 11.6 Å². The van der Waals surface area contributed by atoms with Crippen LogP contribution in [0.2, 0.25) is 5.02 Å². The van der Waals surface area contributed by atoms with Crippen molar-refractivity contribution in [2.45, 2.75) is 18.7 Å². The van der Waals surface area contributed by atoms with Crippen molar-refractivity contribution in [3.8, 4) is 11.3 Å². The molecule has 0 aliphatic carbocycles. The van der Waals surface area contributed by atoms with Gasteiger partial charge in [0.25, 0.3) is 18.3 Å². The average molecular weight is 620 g/mol. The number of aromatic amines is 1. The van der Waals surface area contributed by atoms with Crippen molar-refractivity contribution in [3.63, 3.8) is 0 Å². The van der Waals surface area contributed by atoms with Crippen molar-refractivity contribution < 1.29 is 32.3 Å². The Kier molecular flexibility index (Phi) is 8.50. The largest absolute Gasteiger partial charge is 0.454 e. The van der Waals surface area contributed by atoms with E-state index in [4.69, 9.17) is 22.1 Å². The summed E-state index contributed by atoms with van der Waals surface area (Å²) in [5, 5.41) is 8.73. The van der Waals surface area contributed by atoms with Crippen LogP contribution in [0.15, 0.2) is 43.0 Å². The molecule has 2 amide bonds. The zero-order valence-electron chi connectivity index (χ0n) is 22.3. The molecule has 4 aromatic rings. The van der Waals surface area contributed by atoms with Crippen LogP contribution >= 0.6 is 11.6 Å². The van der Waals surface area contributed by atoms with Crippen molar-refractivity contribution in [2.75, 3.05) is 38.0 Å². The lowest BCUT2D eigenvalue weighted by Crippen LogP contribution is -2.53. The zero-order chi connectivity index (χ0) is 30.7. The Morgan fingerprint density at radius 3 is 2.58 bits per heavy atom. The van der Waals surface area contributed by atoms with Gasteiger partial charge in [-0.25, -0.2) is 9.97 Å². The number of alkyl halides is 3. The summed E-state index contributed by atoms with van der Waals surface area (Å²) in [6, 6.07) is 4.67. The number of carbonyl (C=O) groups excluding carboxylic acids is 3. The number of fused-ring (bicyclic) bond motifs is 1. The fourth-order valence-electron chi connectivity index (χ4n) is 4.78. The molecule has 0 saturated carbocycles. The van der Waals surface area contributed by atoms with Gasteiger partial charge in [0.2, 0.25) is 0 Å². The molecular weight excluding hydrogens is 595 g/mol. The van der Waals surface area contributed by atoms with Crippen LogP contribution in [0.4, 0.5) is 24.7 Å². The van der Waals surface area contributed by atoms with Crippen molar-refractivity contribution >= 4 is 47.0 Å². The first-order valence-corrected chi connectivity index (χ1v) is 13.4. The van der Waals surface area contributed by atoms with Gasteiger partial charge in [0, 0.05) is 50.7 Å². The monoisotopic (exact) mass is 619 g/mol. The molecule has 1 aliphatic rings. The highest BCUT2D eigenvalue weighted by molar-refractivity contribution is 6.34. The molecule has 43 heavy (non-hydrogen) atoms. The van der Waals surface area contributed by atoms with Crippen LogP contribution < -0.4 is 11.1 Å². The number of nitrogens with zero attached hydrogens (tertiary/aromatic N) is 6. The third-order valence-electron chi connectivity index (χ3n) is 6.89. The van der Waals surface area contributed by atoms with E-state index >= 15 is 0 Å². The fourth-order valence-corrected chi connectivity index (χ4v) is 5.04. The smallest absolute Gasteiger partial charge is 0.433 e. The molecule has 4 heterocycles. The van der Waals surface area contributed by atoms with Crippen LogP contribution in [0.3, 0.4) is 0 Å². The van der Waals surface area contributed by atoms with Gasteiger partial charge in [0.1, 0.15) is 5.69 Å². The van der Waals surface area contributed by atoms with Crippen molar-refractivity contribution in [3.05, 3.63) is 59.3 Å². The standard InChI is InChI=1S/C26H25ClF3N9O4/c27-18-11-15(1-2-16(18)24(41)37-7-9-38(10-8-37)25(42)20(3-4-31)43-14-40)35-22-23-33-13-19(39(23)6-5-32-22)17-12-34-36-21(17)26(28,29)30/h1-2,5-6,11-14,20H,3-4,7-10,31H2,(H,32,35)(H,34,36). The van der Waals surface area contributed by atoms with Gasteiger partial charge in [-0.15, -0.1) is 0 Å². The van der Waals surface area contributed by atoms with Crippen LogP contribution in [-0.4, -0.2) is 91.5 Å². The summed E-state index contributed by atoms with van der Waals surface area (Å²) in [6.07, 6.45) is -0.151. The number of amides is 2. The van der Waals surface area contributed by atoms with E-state index in [1.165, 1.54) is 40.0 Å². The first-order valence-electron chi connectivity index (χ1n) is 13.0. The summed E-state index contributed by atoms with van der Waals surface area (Å²) in [5.41, 5.74) is 5.45. The number of hydrogen-bond acceptors (Lipinski definition) is 9. The summed E-state index contributed by atoms with van der Waals surface area (Å²) in [4.78, 5) is 48.2. The van der Waals surface area contributed by atoms with Crippen molar-refractivity contribution in [1.29, 1.82) is 0 Å². The molecule has 4 N–H and O–H groups in total.